The van der Waals surface area contributed by atoms with Crippen LogP contribution in [0.5, 0.6) is 0 Å². The van der Waals surface area contributed by atoms with E-state index in [2.05, 4.69) is 36.2 Å². The average molecular weight is 267 g/mol. The van der Waals surface area contributed by atoms with Gasteiger partial charge in [-0.05, 0) is 28.1 Å². The first-order valence-corrected chi connectivity index (χ1v) is 4.97. The highest BCUT2D eigenvalue weighted by molar-refractivity contribution is 9.10. The molecule has 0 saturated heterocycles. The summed E-state index contributed by atoms with van der Waals surface area (Å²) in [5.41, 5.74) is 0.549. The van der Waals surface area contributed by atoms with Crippen molar-refractivity contribution in [2.75, 3.05) is 5.32 Å². The molecule has 0 aromatic carbocycles. The maximum atomic E-state index is 11.2. The van der Waals surface area contributed by atoms with Crippen molar-refractivity contribution in [1.29, 1.82) is 0 Å². The van der Waals surface area contributed by atoms with Gasteiger partial charge in [0.15, 0.2) is 5.82 Å². The van der Waals surface area contributed by atoms with Crippen molar-refractivity contribution in [3.63, 3.8) is 0 Å². The van der Waals surface area contributed by atoms with Gasteiger partial charge < -0.3 is 10.3 Å². The van der Waals surface area contributed by atoms with Crippen molar-refractivity contribution in [1.82, 2.24) is 15.0 Å². The Hall–Kier alpha value is -1.69. The Labute approximate surface area is 93.7 Å². The average Bonchev–Trinajstić information content (AvgIpc) is 2.26. The highest BCUT2D eigenvalue weighted by Gasteiger charge is 2.04. The van der Waals surface area contributed by atoms with Crippen molar-refractivity contribution in [3.05, 3.63) is 45.7 Å². The van der Waals surface area contributed by atoms with Crippen molar-refractivity contribution < 1.29 is 0 Å². The van der Waals surface area contributed by atoms with E-state index in [4.69, 9.17) is 0 Å². The first-order valence-electron chi connectivity index (χ1n) is 4.17. The van der Waals surface area contributed by atoms with Crippen LogP contribution in [0.2, 0.25) is 0 Å². The smallest absolute Gasteiger partial charge is 0.267 e. The van der Waals surface area contributed by atoms with Gasteiger partial charge in [0, 0.05) is 6.20 Å². The van der Waals surface area contributed by atoms with Crippen LogP contribution in [-0.2, 0) is 0 Å². The molecule has 0 bridgehead atoms. The van der Waals surface area contributed by atoms with Crippen molar-refractivity contribution in [2.45, 2.75) is 0 Å². The Morgan fingerprint density at radius 3 is 3.07 bits per heavy atom. The molecule has 6 heteroatoms. The second kappa shape index (κ2) is 4.22. The lowest BCUT2D eigenvalue weighted by Gasteiger charge is -2.04. The Balaban J connectivity index is 2.33. The van der Waals surface area contributed by atoms with Crippen molar-refractivity contribution >= 4 is 27.4 Å². The number of H-pyrrole nitrogens is 1. The summed E-state index contributed by atoms with van der Waals surface area (Å²) >= 11 is 3.15. The topological polar surface area (TPSA) is 70.7 Å². The fraction of sp³-hybridized carbons (Fsp3) is 0. The van der Waals surface area contributed by atoms with Gasteiger partial charge in [-0.25, -0.2) is 4.98 Å². The van der Waals surface area contributed by atoms with Crippen LogP contribution in [0.3, 0.4) is 0 Å². The molecule has 0 aliphatic heterocycles. The summed E-state index contributed by atoms with van der Waals surface area (Å²) in [4.78, 5) is 21.6. The van der Waals surface area contributed by atoms with Crippen LogP contribution in [0.25, 0.3) is 0 Å². The van der Waals surface area contributed by atoms with Crippen LogP contribution in [0, 0.1) is 0 Å². The molecular weight excluding hydrogens is 260 g/mol. The molecule has 0 atom stereocenters. The van der Waals surface area contributed by atoms with Crippen LogP contribution in [0.1, 0.15) is 0 Å². The normalized spacial score (nSPS) is 9.93. The number of anilines is 2. The summed E-state index contributed by atoms with van der Waals surface area (Å²) in [6, 6.07) is 3.63. The molecule has 2 aromatic rings. The number of pyridine rings is 1. The van der Waals surface area contributed by atoms with Crippen LogP contribution in [-0.4, -0.2) is 15.0 Å². The Morgan fingerprint density at radius 1 is 1.47 bits per heavy atom. The van der Waals surface area contributed by atoms with Gasteiger partial charge in [-0.15, -0.1) is 0 Å². The lowest BCUT2D eigenvalue weighted by atomic mass is 10.4. The first kappa shape index (κ1) is 9.85. The highest BCUT2D eigenvalue weighted by Crippen LogP contribution is 2.18. The Morgan fingerprint density at radius 2 is 2.33 bits per heavy atom. The van der Waals surface area contributed by atoms with Crippen molar-refractivity contribution in [3.8, 4) is 0 Å². The number of hydrogen-bond acceptors (Lipinski definition) is 4. The fourth-order valence-electron chi connectivity index (χ4n) is 1.04. The van der Waals surface area contributed by atoms with E-state index in [9.17, 15) is 4.79 Å². The van der Waals surface area contributed by atoms with E-state index >= 15 is 0 Å². The molecule has 2 heterocycles. The van der Waals surface area contributed by atoms with Crippen LogP contribution >= 0.6 is 15.9 Å². The summed E-state index contributed by atoms with van der Waals surface area (Å²) in [6.45, 7) is 0. The van der Waals surface area contributed by atoms with Crippen LogP contribution in [0.15, 0.2) is 40.1 Å². The fourth-order valence-corrected chi connectivity index (χ4v) is 1.36. The predicted molar refractivity (Wildman–Crippen MR) is 60.1 cm³/mol. The van der Waals surface area contributed by atoms with Gasteiger partial charge in [0.1, 0.15) is 4.47 Å². The SMILES string of the molecule is O=c1[nH]cnc(Nc2cccnc2)c1Br. The molecule has 2 rings (SSSR count). The molecule has 2 aromatic heterocycles. The zero-order valence-corrected chi connectivity index (χ0v) is 9.15. The van der Waals surface area contributed by atoms with Gasteiger partial charge >= 0.3 is 0 Å². The van der Waals surface area contributed by atoms with E-state index in [0.29, 0.717) is 10.3 Å². The summed E-state index contributed by atoms with van der Waals surface area (Å²) in [7, 11) is 0. The van der Waals surface area contributed by atoms with E-state index < -0.39 is 0 Å². The predicted octanol–water partition coefficient (Wildman–Crippen LogP) is 1.67. The molecule has 2 N–H and O–H groups in total. The summed E-state index contributed by atoms with van der Waals surface area (Å²) < 4.78 is 0.369. The molecule has 0 aliphatic carbocycles. The highest BCUT2D eigenvalue weighted by atomic mass is 79.9. The maximum absolute atomic E-state index is 11.2. The second-order valence-electron chi connectivity index (χ2n) is 2.76. The number of nitrogens with zero attached hydrogens (tertiary/aromatic N) is 2. The van der Waals surface area contributed by atoms with Gasteiger partial charge in [-0.1, -0.05) is 0 Å². The number of aromatic amines is 1. The Kier molecular flexibility index (Phi) is 2.77. The van der Waals surface area contributed by atoms with Crippen LogP contribution < -0.4 is 10.9 Å². The van der Waals surface area contributed by atoms with E-state index in [0.717, 1.165) is 5.69 Å². The van der Waals surface area contributed by atoms with Gasteiger partial charge in [-0.2, -0.15) is 0 Å². The Bertz CT molecular complexity index is 511. The van der Waals surface area contributed by atoms with E-state index in [1.807, 2.05) is 6.07 Å². The van der Waals surface area contributed by atoms with Crippen LogP contribution in [0.4, 0.5) is 11.5 Å². The van der Waals surface area contributed by atoms with E-state index in [-0.39, 0.29) is 5.56 Å². The maximum Gasteiger partial charge on any atom is 0.267 e. The zero-order chi connectivity index (χ0) is 10.7. The summed E-state index contributed by atoms with van der Waals surface area (Å²) in [5, 5.41) is 2.97. The summed E-state index contributed by atoms with van der Waals surface area (Å²) in [5.74, 6) is 0.465. The summed E-state index contributed by atoms with van der Waals surface area (Å²) in [6.07, 6.45) is 4.66. The molecule has 0 aliphatic rings. The number of nitrogens with one attached hydrogen (secondary N) is 2. The molecule has 15 heavy (non-hydrogen) atoms. The number of aromatic nitrogens is 3. The molecule has 0 spiro atoms. The minimum absolute atomic E-state index is 0.226. The third-order valence-corrected chi connectivity index (χ3v) is 2.46. The number of hydrogen-bond donors (Lipinski definition) is 2. The van der Waals surface area contributed by atoms with Crippen molar-refractivity contribution in [2.24, 2.45) is 0 Å². The minimum atomic E-state index is -0.226. The lowest BCUT2D eigenvalue weighted by molar-refractivity contribution is 1.10. The van der Waals surface area contributed by atoms with Gasteiger partial charge in [0.05, 0.1) is 18.2 Å². The van der Waals surface area contributed by atoms with Gasteiger partial charge in [-0.3, -0.25) is 9.78 Å². The molecule has 0 unspecified atom stereocenters. The second-order valence-corrected chi connectivity index (χ2v) is 3.55. The van der Waals surface area contributed by atoms with Gasteiger partial charge in [0.25, 0.3) is 5.56 Å². The first-order chi connectivity index (χ1) is 7.27. The molecule has 76 valence electrons. The minimum Gasteiger partial charge on any atom is -0.338 e. The number of halogens is 1. The van der Waals surface area contributed by atoms with Gasteiger partial charge in [0.2, 0.25) is 0 Å². The third-order valence-electron chi connectivity index (χ3n) is 1.72. The monoisotopic (exact) mass is 266 g/mol. The molecule has 5 nitrogen and oxygen atoms in total. The lowest BCUT2D eigenvalue weighted by Crippen LogP contribution is -2.09. The molecule has 0 amide bonds. The molecular formula is C9H7BrN4O. The largest absolute Gasteiger partial charge is 0.338 e. The quantitative estimate of drug-likeness (QED) is 0.868. The number of rotatable bonds is 2. The van der Waals surface area contributed by atoms with E-state index in [1.165, 1.54) is 6.33 Å². The third kappa shape index (κ3) is 2.21. The molecule has 0 radical (unpaired) electrons. The van der Waals surface area contributed by atoms with E-state index in [1.54, 1.807) is 18.5 Å². The standard InChI is InChI=1S/C9H7BrN4O/c10-7-8(12-5-13-9(7)15)14-6-2-1-3-11-4-6/h1-5H,(H2,12,13,14,15). The zero-order valence-electron chi connectivity index (χ0n) is 7.57. The molecule has 0 fully saturated rings. The molecule has 0 saturated carbocycles.